The zero-order chi connectivity index (χ0) is 20.9. The number of carbonyl (C=O) groups is 2. The number of esters is 1. The molecule has 0 heterocycles. The van der Waals surface area contributed by atoms with E-state index >= 15 is 0 Å². The quantitative estimate of drug-likeness (QED) is 0.577. The third-order valence-electron chi connectivity index (χ3n) is 5.38. The molecule has 0 saturated carbocycles. The van der Waals surface area contributed by atoms with Gasteiger partial charge in [0.25, 0.3) is 0 Å². The van der Waals surface area contributed by atoms with Crippen LogP contribution in [-0.2, 0) is 14.3 Å². The average Bonchev–Trinajstić information content (AvgIpc) is 2.51. The summed E-state index contributed by atoms with van der Waals surface area (Å²) < 4.78 is 5.18. The largest absolute Gasteiger partial charge is 0.465 e. The first-order chi connectivity index (χ1) is 12.3. The van der Waals surface area contributed by atoms with Crippen LogP contribution in [0.15, 0.2) is 24.3 Å². The summed E-state index contributed by atoms with van der Waals surface area (Å²) in [6.07, 6.45) is 8.65. The first-order valence-corrected chi connectivity index (χ1v) is 9.75. The lowest BCUT2D eigenvalue weighted by Gasteiger charge is -2.32. The average molecular weight is 381 g/mol. The summed E-state index contributed by atoms with van der Waals surface area (Å²) in [4.78, 5) is 24.3. The summed E-state index contributed by atoms with van der Waals surface area (Å²) in [5.74, 6) is -0.0223. The molecule has 1 aliphatic carbocycles. The Morgan fingerprint density at radius 1 is 1.22 bits per heavy atom. The van der Waals surface area contributed by atoms with Crippen molar-refractivity contribution in [1.29, 1.82) is 0 Å². The van der Waals surface area contributed by atoms with Crippen LogP contribution in [0.3, 0.4) is 0 Å². The minimum absolute atomic E-state index is 0.00715. The van der Waals surface area contributed by atoms with Crippen LogP contribution >= 0.6 is 0 Å². The maximum atomic E-state index is 13.0. The second kappa shape index (κ2) is 9.16. The minimum Gasteiger partial charge on any atom is -0.465 e. The summed E-state index contributed by atoms with van der Waals surface area (Å²) in [5.41, 5.74) is -3.19. The summed E-state index contributed by atoms with van der Waals surface area (Å²) in [5, 5.41) is 21.2. The molecule has 0 fully saturated rings. The lowest BCUT2D eigenvalue weighted by Crippen LogP contribution is -2.39. The molecule has 154 valence electrons. The summed E-state index contributed by atoms with van der Waals surface area (Å²) in [6.45, 7) is 10.7. The second-order valence-corrected chi connectivity index (χ2v) is 9.07. The molecule has 5 heteroatoms. The van der Waals surface area contributed by atoms with Gasteiger partial charge in [-0.15, -0.1) is 0 Å². The molecule has 0 unspecified atom stereocenters. The number of ether oxygens (including phenoxy) is 1. The van der Waals surface area contributed by atoms with Crippen molar-refractivity contribution >= 4 is 11.8 Å². The molecule has 27 heavy (non-hydrogen) atoms. The molecule has 0 aliphatic heterocycles. The van der Waals surface area contributed by atoms with Crippen LogP contribution in [0.4, 0.5) is 0 Å². The predicted molar refractivity (Wildman–Crippen MR) is 106 cm³/mol. The number of Topliss-reactive ketones (excluding diaryl/α,β-unsaturated/α-hetero) is 1. The number of rotatable bonds is 3. The third-order valence-corrected chi connectivity index (χ3v) is 5.38. The van der Waals surface area contributed by atoms with Gasteiger partial charge in [-0.05, 0) is 51.9 Å². The maximum Gasteiger partial charge on any atom is 0.302 e. The Morgan fingerprint density at radius 2 is 1.85 bits per heavy atom. The van der Waals surface area contributed by atoms with Gasteiger partial charge < -0.3 is 14.9 Å². The fourth-order valence-corrected chi connectivity index (χ4v) is 3.24. The highest BCUT2D eigenvalue weighted by atomic mass is 16.5. The lowest BCUT2D eigenvalue weighted by atomic mass is 9.75. The number of hydrogen-bond acceptors (Lipinski definition) is 5. The molecule has 0 aromatic carbocycles. The summed E-state index contributed by atoms with van der Waals surface area (Å²) in [7, 11) is 0. The van der Waals surface area contributed by atoms with Gasteiger partial charge in [0.05, 0.1) is 16.6 Å². The zero-order valence-electron chi connectivity index (χ0n) is 17.6. The fourth-order valence-electron chi connectivity index (χ4n) is 3.24. The fraction of sp³-hybridized carbons (Fsp3) is 0.727. The van der Waals surface area contributed by atoms with Gasteiger partial charge in [-0.25, -0.2) is 0 Å². The van der Waals surface area contributed by atoms with Crippen LogP contribution in [0.5, 0.6) is 0 Å². The van der Waals surface area contributed by atoms with Gasteiger partial charge in [0.1, 0.15) is 12.4 Å². The van der Waals surface area contributed by atoms with Crippen LogP contribution < -0.4 is 0 Å². The van der Waals surface area contributed by atoms with Crippen molar-refractivity contribution in [3.8, 4) is 0 Å². The maximum absolute atomic E-state index is 13.0. The van der Waals surface area contributed by atoms with Crippen molar-refractivity contribution < 1.29 is 24.5 Å². The smallest absolute Gasteiger partial charge is 0.302 e. The van der Waals surface area contributed by atoms with E-state index in [1.807, 2.05) is 6.08 Å². The van der Waals surface area contributed by atoms with Gasteiger partial charge in [0.15, 0.2) is 0 Å². The number of aliphatic hydroxyl groups is 2. The van der Waals surface area contributed by atoms with Crippen LogP contribution in [0.25, 0.3) is 0 Å². The predicted octanol–water partition coefficient (Wildman–Crippen LogP) is 3.59. The van der Waals surface area contributed by atoms with Crippen molar-refractivity contribution in [2.24, 2.45) is 17.3 Å². The zero-order valence-corrected chi connectivity index (χ0v) is 17.6. The van der Waals surface area contributed by atoms with E-state index in [1.54, 1.807) is 39.0 Å². The Hall–Kier alpha value is -1.46. The molecular formula is C22H36O5. The van der Waals surface area contributed by atoms with Crippen molar-refractivity contribution in [2.45, 2.75) is 78.4 Å². The van der Waals surface area contributed by atoms with E-state index in [-0.39, 0.29) is 24.7 Å². The SMILES string of the molecule is CC(=O)OC[C@@]1(C)CC[C@@H](C(C)C)/C=C/[C@](C)(O)C/C=C/[C@](C)(O)CC1=O. The van der Waals surface area contributed by atoms with Gasteiger partial charge >= 0.3 is 5.97 Å². The van der Waals surface area contributed by atoms with E-state index in [9.17, 15) is 19.8 Å². The molecule has 0 aromatic rings. The highest BCUT2D eigenvalue weighted by Crippen LogP contribution is 2.34. The Kier molecular flexibility index (Phi) is 8.00. The highest BCUT2D eigenvalue weighted by molar-refractivity contribution is 5.86. The Balaban J connectivity index is 3.22. The van der Waals surface area contributed by atoms with Gasteiger partial charge in [-0.2, -0.15) is 0 Å². The summed E-state index contributed by atoms with van der Waals surface area (Å²) in [6, 6.07) is 0. The first kappa shape index (κ1) is 23.6. The Bertz CT molecular complexity index is 586. The second-order valence-electron chi connectivity index (χ2n) is 9.07. The standard InChI is InChI=1S/C22H36O5/c1-16(2)18-8-12-20(4,15-27-17(3)23)19(24)14-22(6,26)11-7-10-21(5,25)13-9-18/h7,9,11,13,16,18,25-26H,8,10,12,14-15H2,1-6H3/b11-7+,13-9+/t18-,20-,21-,22+/m1/s1. The normalized spacial score (nSPS) is 38.4. The molecule has 0 spiro atoms. The third kappa shape index (κ3) is 7.97. The number of hydrogen-bond donors (Lipinski definition) is 2. The number of carbonyl (C=O) groups excluding carboxylic acids is 2. The van der Waals surface area contributed by atoms with Crippen molar-refractivity contribution in [1.82, 2.24) is 0 Å². The highest BCUT2D eigenvalue weighted by Gasteiger charge is 2.38. The topological polar surface area (TPSA) is 83.8 Å². The van der Waals surface area contributed by atoms with E-state index in [0.29, 0.717) is 18.8 Å². The van der Waals surface area contributed by atoms with Gasteiger partial charge in [0.2, 0.25) is 0 Å². The Morgan fingerprint density at radius 3 is 2.41 bits per heavy atom. The molecule has 0 aromatic heterocycles. The van der Waals surface area contributed by atoms with Gasteiger partial charge in [0, 0.05) is 13.3 Å². The van der Waals surface area contributed by atoms with Crippen molar-refractivity contribution in [3.63, 3.8) is 0 Å². The molecule has 0 saturated heterocycles. The van der Waals surface area contributed by atoms with Crippen LogP contribution in [0, 0.1) is 17.3 Å². The molecular weight excluding hydrogens is 344 g/mol. The van der Waals surface area contributed by atoms with E-state index < -0.39 is 22.6 Å². The molecule has 0 bridgehead atoms. The number of ketones is 1. The van der Waals surface area contributed by atoms with Gasteiger partial charge in [-0.1, -0.05) is 38.2 Å². The molecule has 0 radical (unpaired) electrons. The molecule has 1 rings (SSSR count). The number of allylic oxidation sites excluding steroid dienone is 1. The van der Waals surface area contributed by atoms with Crippen molar-refractivity contribution in [2.75, 3.05) is 6.61 Å². The van der Waals surface area contributed by atoms with Gasteiger partial charge in [-0.3, -0.25) is 9.59 Å². The molecule has 0 amide bonds. The van der Waals surface area contributed by atoms with E-state index in [0.717, 1.165) is 6.42 Å². The molecule has 5 nitrogen and oxygen atoms in total. The van der Waals surface area contributed by atoms with Crippen LogP contribution in [0.1, 0.15) is 67.2 Å². The molecule has 2 N–H and O–H groups in total. The minimum atomic E-state index is -1.32. The first-order valence-electron chi connectivity index (χ1n) is 9.75. The van der Waals surface area contributed by atoms with E-state index in [2.05, 4.69) is 13.8 Å². The Labute approximate surface area is 163 Å². The van der Waals surface area contributed by atoms with Crippen LogP contribution in [-0.4, -0.2) is 39.8 Å². The van der Waals surface area contributed by atoms with Crippen molar-refractivity contribution in [3.05, 3.63) is 24.3 Å². The van der Waals surface area contributed by atoms with Crippen LogP contribution in [0.2, 0.25) is 0 Å². The van der Waals surface area contributed by atoms with E-state index in [4.69, 9.17) is 4.74 Å². The molecule has 1 aliphatic rings. The monoisotopic (exact) mass is 380 g/mol. The molecule has 4 atom stereocenters. The summed E-state index contributed by atoms with van der Waals surface area (Å²) >= 11 is 0. The lowest BCUT2D eigenvalue weighted by molar-refractivity contribution is -0.148. The van der Waals surface area contributed by atoms with E-state index in [1.165, 1.54) is 6.92 Å².